The zero-order valence-corrected chi connectivity index (χ0v) is 48.2. The highest BCUT2D eigenvalue weighted by molar-refractivity contribution is 6.40. The second-order valence-electron chi connectivity index (χ2n) is 21.0. The molecule has 20 nitrogen and oxygen atoms in total. The topological polar surface area (TPSA) is 261 Å². The molecule has 22 heteroatoms. The van der Waals surface area contributed by atoms with Crippen LogP contribution >= 0.6 is 23.2 Å². The number of imide groups is 1. The average molecular weight is 1150 g/mol. The summed E-state index contributed by atoms with van der Waals surface area (Å²) in [7, 11) is 0. The van der Waals surface area contributed by atoms with Crippen molar-refractivity contribution in [2.45, 2.75) is 117 Å². The number of hydrogen-bond donors (Lipinski definition) is 4. The number of likely N-dealkylation sites (tertiary alicyclic amines) is 2. The van der Waals surface area contributed by atoms with Gasteiger partial charge in [0.1, 0.15) is 28.6 Å². The molecule has 4 aromatic carbocycles. The minimum atomic E-state index is -1.26. The number of aromatic nitrogens is 6. The van der Waals surface area contributed by atoms with Crippen LogP contribution in [0.2, 0.25) is 0 Å². The number of amides is 3. The maximum Gasteiger partial charge on any atom is 0.364 e. The number of hydrogen-bond acceptors (Lipinski definition) is 16. The molecular formula is C59H73Cl2N11O9. The molecule has 0 radical (unpaired) electrons. The zero-order chi connectivity index (χ0) is 58.5. The number of carbonyl (C=O) groups is 4. The van der Waals surface area contributed by atoms with Gasteiger partial charge in [-0.2, -0.15) is 0 Å². The third kappa shape index (κ3) is 19.0. The number of alkyl halides is 2. The van der Waals surface area contributed by atoms with E-state index in [0.29, 0.717) is 35.2 Å². The Kier molecular flexibility index (Phi) is 23.9. The highest BCUT2D eigenvalue weighted by Crippen LogP contribution is 2.32. The first kappa shape index (κ1) is 63.1. The third-order valence-corrected chi connectivity index (χ3v) is 13.9. The Morgan fingerprint density at radius 2 is 0.975 bits per heavy atom. The summed E-state index contributed by atoms with van der Waals surface area (Å²) in [4.78, 5) is 87.5. The number of nitrogens with one attached hydrogen (secondary N) is 3. The van der Waals surface area contributed by atoms with Crippen LogP contribution < -0.4 is 22.2 Å². The molecule has 3 saturated heterocycles. The summed E-state index contributed by atoms with van der Waals surface area (Å²) in [6.07, 6.45) is 0.134. The van der Waals surface area contributed by atoms with Gasteiger partial charge in [-0.05, 0) is 61.8 Å². The van der Waals surface area contributed by atoms with Crippen molar-refractivity contribution in [2.24, 2.45) is 17.6 Å². The van der Waals surface area contributed by atoms with Gasteiger partial charge in [0.25, 0.3) is 28.8 Å². The molecule has 2 aromatic heterocycles. The Bertz CT molecular complexity index is 3070. The smallest absolute Gasteiger partial charge is 0.361 e. The summed E-state index contributed by atoms with van der Waals surface area (Å²) < 4.78 is 11.3. The first-order chi connectivity index (χ1) is 38.8. The largest absolute Gasteiger partial charge is 0.364 e. The molecule has 3 aliphatic heterocycles. The predicted octanol–water partition coefficient (Wildman–Crippen LogP) is 6.88. The standard InChI is InChI=1S/C27H33N5O3.C16H21N5O.C15H17NO5.CH2Cl2/c1-19-15-32(16-20-10-6-4-7-11-20)17-22(19)24-29-25(33)23(30-31-24)14-28-26(34)27(2,3)35-18-21-12-8-5-9-13-21;1-11-8-21(9-12-5-3-2-4-6-12)10-13(11)15-18-16(22)14(7-17)19-20-15;1-15(2,20-10-11-6-4-3-5-7-11)14(19)21-16-12(17)8-9-13(16)18;2-1-3/h4-13,19,22H,14-18H2,1-3H3,(H,28,34)(H,29,31,33);2-6,11,13H,7-10,17H2,1H3,(H,18,20,22);3-7H,8-10H2,1-2H3;1H2. The molecule has 3 aliphatic rings. The first-order valence-corrected chi connectivity index (χ1v) is 27.9. The monoisotopic (exact) mass is 1150 g/mol. The van der Waals surface area contributed by atoms with E-state index in [1.54, 1.807) is 13.8 Å². The number of nitrogens with zero attached hydrogens (tertiary/aromatic N) is 7. The highest BCUT2D eigenvalue weighted by atomic mass is 35.5. The van der Waals surface area contributed by atoms with Crippen LogP contribution in [0.15, 0.2) is 131 Å². The van der Waals surface area contributed by atoms with Crippen molar-refractivity contribution in [1.29, 1.82) is 0 Å². The maximum absolute atomic E-state index is 12.7. The number of rotatable bonds is 18. The van der Waals surface area contributed by atoms with Crippen LogP contribution in [-0.4, -0.2) is 112 Å². The molecular weight excluding hydrogens is 1080 g/mol. The van der Waals surface area contributed by atoms with Gasteiger partial charge in [0.05, 0.1) is 25.1 Å². The van der Waals surface area contributed by atoms with E-state index in [4.69, 9.17) is 43.2 Å². The van der Waals surface area contributed by atoms with Crippen molar-refractivity contribution in [1.82, 2.24) is 50.5 Å². The number of nitrogens with two attached hydrogens (primary N) is 1. The molecule has 3 fully saturated rings. The first-order valence-electron chi connectivity index (χ1n) is 26.8. The van der Waals surface area contributed by atoms with Crippen molar-refractivity contribution >= 4 is 46.9 Å². The Morgan fingerprint density at radius 3 is 1.37 bits per heavy atom. The lowest BCUT2D eigenvalue weighted by molar-refractivity contribution is -0.212. The van der Waals surface area contributed by atoms with Gasteiger partial charge in [0.15, 0.2) is 5.60 Å². The van der Waals surface area contributed by atoms with E-state index < -0.39 is 29.0 Å². The van der Waals surface area contributed by atoms with Gasteiger partial charge in [0, 0.05) is 70.5 Å². The van der Waals surface area contributed by atoms with E-state index in [1.165, 1.54) is 25.0 Å². The molecule has 9 rings (SSSR count). The second kappa shape index (κ2) is 30.7. The molecule has 81 heavy (non-hydrogen) atoms. The molecule has 4 unspecified atom stereocenters. The van der Waals surface area contributed by atoms with Gasteiger partial charge in [0.2, 0.25) is 0 Å². The molecule has 5 heterocycles. The number of aromatic amines is 2. The van der Waals surface area contributed by atoms with Crippen molar-refractivity contribution in [3.05, 3.63) is 187 Å². The molecule has 432 valence electrons. The van der Waals surface area contributed by atoms with E-state index in [9.17, 15) is 28.8 Å². The number of carbonyl (C=O) groups excluding carboxylic acids is 4. The number of H-pyrrole nitrogens is 2. The summed E-state index contributed by atoms with van der Waals surface area (Å²) >= 11 is 9.53. The average Bonchev–Trinajstić information content (AvgIpc) is 4.24. The summed E-state index contributed by atoms with van der Waals surface area (Å²) in [5.74, 6) is 0.240. The van der Waals surface area contributed by atoms with Crippen molar-refractivity contribution in [2.75, 3.05) is 31.5 Å². The van der Waals surface area contributed by atoms with Crippen LogP contribution in [0, 0.1) is 11.8 Å². The Morgan fingerprint density at radius 1 is 0.593 bits per heavy atom. The Balaban J connectivity index is 0.000000200. The summed E-state index contributed by atoms with van der Waals surface area (Å²) in [6.45, 7) is 16.9. The van der Waals surface area contributed by atoms with Gasteiger partial charge in [-0.15, -0.1) is 48.7 Å². The fraction of sp³-hybridized carbons (Fsp3) is 0.424. The quantitative estimate of drug-likeness (QED) is 0.0505. The fourth-order valence-electron chi connectivity index (χ4n) is 9.14. The predicted molar refractivity (Wildman–Crippen MR) is 307 cm³/mol. The Hall–Kier alpha value is -7.04. The van der Waals surface area contributed by atoms with E-state index in [1.807, 2.05) is 84.9 Å². The van der Waals surface area contributed by atoms with Crippen molar-refractivity contribution in [3.63, 3.8) is 0 Å². The summed E-state index contributed by atoms with van der Waals surface area (Å²) in [6, 6.07) is 39.8. The van der Waals surface area contributed by atoms with Crippen LogP contribution in [0.3, 0.4) is 0 Å². The number of ether oxygens (including phenoxy) is 2. The fourth-order valence-corrected chi connectivity index (χ4v) is 9.14. The Labute approximate surface area is 482 Å². The lowest BCUT2D eigenvalue weighted by atomic mass is 9.97. The third-order valence-electron chi connectivity index (χ3n) is 13.9. The molecule has 5 N–H and O–H groups in total. The van der Waals surface area contributed by atoms with Crippen LogP contribution in [0.1, 0.15) is 112 Å². The van der Waals surface area contributed by atoms with E-state index in [0.717, 1.165) is 50.4 Å². The number of halogens is 2. The normalized spacial score (nSPS) is 18.2. The van der Waals surface area contributed by atoms with Crippen LogP contribution in [0.5, 0.6) is 0 Å². The van der Waals surface area contributed by atoms with Crippen molar-refractivity contribution < 1.29 is 33.5 Å². The summed E-state index contributed by atoms with van der Waals surface area (Å²) in [5.41, 5.74) is 7.50. The van der Waals surface area contributed by atoms with Gasteiger partial charge in [-0.25, -0.2) is 4.79 Å². The minimum Gasteiger partial charge on any atom is -0.361 e. The molecule has 0 aliphatic carbocycles. The van der Waals surface area contributed by atoms with Gasteiger partial charge in [-0.3, -0.25) is 33.8 Å². The molecule has 4 atom stereocenters. The van der Waals surface area contributed by atoms with E-state index in [-0.39, 0.29) is 78.1 Å². The lowest BCUT2D eigenvalue weighted by Gasteiger charge is -2.24. The van der Waals surface area contributed by atoms with E-state index in [2.05, 4.69) is 95.7 Å². The zero-order valence-electron chi connectivity index (χ0n) is 46.7. The van der Waals surface area contributed by atoms with Crippen LogP contribution in [0.4, 0.5) is 0 Å². The second-order valence-corrected chi connectivity index (χ2v) is 21.8. The molecule has 0 saturated carbocycles. The van der Waals surface area contributed by atoms with Gasteiger partial charge >= 0.3 is 5.97 Å². The maximum atomic E-state index is 12.7. The highest BCUT2D eigenvalue weighted by Gasteiger charge is 2.39. The van der Waals surface area contributed by atoms with E-state index >= 15 is 0 Å². The van der Waals surface area contributed by atoms with Crippen molar-refractivity contribution in [3.8, 4) is 0 Å². The lowest BCUT2D eigenvalue weighted by Crippen LogP contribution is -2.44. The summed E-state index contributed by atoms with van der Waals surface area (Å²) in [5, 5.41) is 20.1. The number of benzene rings is 4. The molecule has 0 spiro atoms. The van der Waals surface area contributed by atoms with Crippen LogP contribution in [-0.2, 0) is 72.9 Å². The van der Waals surface area contributed by atoms with Gasteiger partial charge < -0.3 is 35.3 Å². The molecule has 0 bridgehead atoms. The minimum absolute atomic E-state index is 0.0140. The number of hydroxylamine groups is 2. The van der Waals surface area contributed by atoms with Gasteiger partial charge in [-0.1, -0.05) is 135 Å². The molecule has 3 amide bonds. The SMILES string of the molecule is CC(C)(OCc1ccccc1)C(=O)ON1C(=O)CCC1=O.CC1CN(Cc2ccccc2)CC1c1nnc(CN)c(=O)[nH]1.CC1CN(Cc2ccccc2)CC1c1nnc(CNC(=O)C(C)(C)OCc2ccccc2)c(=O)[nH]1.ClCCl. The van der Waals surface area contributed by atoms with Crippen LogP contribution in [0.25, 0.3) is 0 Å². The molecule has 6 aromatic rings.